The van der Waals surface area contributed by atoms with Crippen LogP contribution in [-0.4, -0.2) is 18.0 Å². The van der Waals surface area contributed by atoms with Crippen LogP contribution in [0.2, 0.25) is 0 Å². The molecule has 0 aromatic heterocycles. The lowest BCUT2D eigenvalue weighted by atomic mass is 10.4. The van der Waals surface area contributed by atoms with Crippen LogP contribution in [-0.2, 0) is 4.79 Å². The summed E-state index contributed by atoms with van der Waals surface area (Å²) in [5.74, 6) is -0.487. The molecule has 0 aliphatic carbocycles. The minimum absolute atomic E-state index is 0.487. The van der Waals surface area contributed by atoms with Crippen LogP contribution >= 0.6 is 0 Å². The molecule has 0 aliphatic heterocycles. The minimum Gasteiger partial charge on any atom is -0.350 e. The Balaban J connectivity index is 3.50. The Labute approximate surface area is 57.9 Å². The molecule has 0 aromatic carbocycles. The summed E-state index contributed by atoms with van der Waals surface area (Å²) in [4.78, 5) is 20.5. The maximum atomic E-state index is 10.5. The molecular formula is C4H10N4O2. The maximum Gasteiger partial charge on any atom is 0.330 e. The summed E-state index contributed by atoms with van der Waals surface area (Å²) in [6.45, 7) is 1.48. The van der Waals surface area contributed by atoms with Gasteiger partial charge in [0.15, 0.2) is 0 Å². The van der Waals surface area contributed by atoms with Crippen LogP contribution in [0, 0.1) is 0 Å². The highest BCUT2D eigenvalue weighted by atomic mass is 16.2. The molecule has 0 radical (unpaired) electrons. The van der Waals surface area contributed by atoms with Crippen LogP contribution in [0.25, 0.3) is 0 Å². The van der Waals surface area contributed by atoms with E-state index in [0.29, 0.717) is 0 Å². The smallest absolute Gasteiger partial charge is 0.330 e. The molecule has 0 saturated carbocycles. The molecule has 0 aliphatic rings. The Kier molecular flexibility index (Phi) is 3.20. The number of primary amides is 1. The molecule has 0 heterocycles. The van der Waals surface area contributed by atoms with Crippen LogP contribution in [0.5, 0.6) is 0 Å². The van der Waals surface area contributed by atoms with Crippen molar-refractivity contribution in [2.24, 2.45) is 11.5 Å². The molecule has 10 heavy (non-hydrogen) atoms. The van der Waals surface area contributed by atoms with E-state index in [2.05, 4.69) is 5.73 Å². The van der Waals surface area contributed by atoms with Crippen molar-refractivity contribution in [1.82, 2.24) is 10.9 Å². The highest BCUT2D eigenvalue weighted by molar-refractivity contribution is 5.83. The predicted molar refractivity (Wildman–Crippen MR) is 34.5 cm³/mol. The van der Waals surface area contributed by atoms with E-state index in [1.54, 1.807) is 0 Å². The molecule has 6 heteroatoms. The molecular weight excluding hydrogens is 136 g/mol. The van der Waals surface area contributed by atoms with E-state index >= 15 is 0 Å². The van der Waals surface area contributed by atoms with Gasteiger partial charge < -0.3 is 11.5 Å². The summed E-state index contributed by atoms with van der Waals surface area (Å²) < 4.78 is 0. The van der Waals surface area contributed by atoms with E-state index < -0.39 is 18.0 Å². The fourth-order valence-electron chi connectivity index (χ4n) is 0.237. The molecule has 0 spiro atoms. The van der Waals surface area contributed by atoms with E-state index in [9.17, 15) is 9.59 Å². The quantitative estimate of drug-likeness (QED) is 0.322. The van der Waals surface area contributed by atoms with Crippen LogP contribution in [0.3, 0.4) is 0 Å². The Morgan fingerprint density at radius 1 is 1.40 bits per heavy atom. The van der Waals surface area contributed by atoms with Gasteiger partial charge in [0.2, 0.25) is 0 Å². The molecule has 0 saturated heterocycles. The highest BCUT2D eigenvalue weighted by Gasteiger charge is 2.05. The summed E-state index contributed by atoms with van der Waals surface area (Å²) >= 11 is 0. The Morgan fingerprint density at radius 3 is 2.20 bits per heavy atom. The number of nitrogens with two attached hydrogens (primary N) is 2. The second kappa shape index (κ2) is 3.67. The van der Waals surface area contributed by atoms with Crippen molar-refractivity contribution in [3.8, 4) is 0 Å². The van der Waals surface area contributed by atoms with Crippen LogP contribution in [0.4, 0.5) is 4.79 Å². The first-order valence-electron chi connectivity index (χ1n) is 2.65. The predicted octanol–water partition coefficient (Wildman–Crippen LogP) is -1.97. The Bertz CT molecular complexity index is 144. The van der Waals surface area contributed by atoms with Crippen molar-refractivity contribution in [2.75, 3.05) is 0 Å². The molecule has 6 nitrogen and oxygen atoms in total. The molecule has 1 unspecified atom stereocenters. The standard InChI is InChI=1S/C4H10N4O2/c1-2(5)3(9)7-8-4(6)10/h2H,5H2,1H3,(H,7,9)(H3,6,8,10). The third-order valence-electron chi connectivity index (χ3n) is 0.722. The first-order chi connectivity index (χ1) is 4.54. The number of hydrogen-bond donors (Lipinski definition) is 4. The zero-order valence-corrected chi connectivity index (χ0v) is 5.55. The molecule has 1 atom stereocenters. The lowest BCUT2D eigenvalue weighted by Crippen LogP contribution is -2.49. The molecule has 0 bridgehead atoms. The van der Waals surface area contributed by atoms with Gasteiger partial charge in [-0.15, -0.1) is 0 Å². The van der Waals surface area contributed by atoms with E-state index in [0.717, 1.165) is 0 Å². The monoisotopic (exact) mass is 146 g/mol. The number of hydrogen-bond acceptors (Lipinski definition) is 3. The van der Waals surface area contributed by atoms with Gasteiger partial charge in [0.25, 0.3) is 5.91 Å². The van der Waals surface area contributed by atoms with Gasteiger partial charge in [-0.2, -0.15) is 0 Å². The van der Waals surface area contributed by atoms with Crippen molar-refractivity contribution in [1.29, 1.82) is 0 Å². The number of nitrogens with one attached hydrogen (secondary N) is 2. The van der Waals surface area contributed by atoms with Crippen molar-refractivity contribution in [3.05, 3.63) is 0 Å². The second-order valence-electron chi connectivity index (χ2n) is 1.77. The molecule has 0 aromatic rings. The number of rotatable bonds is 1. The van der Waals surface area contributed by atoms with Gasteiger partial charge in [-0.05, 0) is 6.92 Å². The third-order valence-corrected chi connectivity index (χ3v) is 0.722. The van der Waals surface area contributed by atoms with E-state index in [4.69, 9.17) is 5.73 Å². The number of amides is 3. The van der Waals surface area contributed by atoms with E-state index in [1.165, 1.54) is 6.92 Å². The third kappa shape index (κ3) is 3.67. The summed E-state index contributed by atoms with van der Waals surface area (Å²) in [6, 6.07) is -1.49. The van der Waals surface area contributed by atoms with Crippen molar-refractivity contribution in [3.63, 3.8) is 0 Å². The highest BCUT2D eigenvalue weighted by Crippen LogP contribution is 1.70. The minimum atomic E-state index is -0.825. The van der Waals surface area contributed by atoms with Gasteiger partial charge in [0, 0.05) is 0 Å². The number of urea groups is 1. The lowest BCUT2D eigenvalue weighted by molar-refractivity contribution is -0.122. The van der Waals surface area contributed by atoms with Crippen LogP contribution < -0.4 is 22.3 Å². The van der Waals surface area contributed by atoms with Gasteiger partial charge in [-0.3, -0.25) is 10.2 Å². The molecule has 3 amide bonds. The average Bonchev–Trinajstić information content (AvgIpc) is 1.82. The Hall–Kier alpha value is -1.30. The SMILES string of the molecule is CC(N)C(=O)NNC(N)=O. The second-order valence-corrected chi connectivity index (χ2v) is 1.77. The fraction of sp³-hybridized carbons (Fsp3) is 0.500. The van der Waals surface area contributed by atoms with Gasteiger partial charge in [0.05, 0.1) is 6.04 Å². The fourth-order valence-corrected chi connectivity index (χ4v) is 0.237. The van der Waals surface area contributed by atoms with Crippen molar-refractivity contribution >= 4 is 11.9 Å². The lowest BCUT2D eigenvalue weighted by Gasteiger charge is -2.05. The molecule has 0 rings (SSSR count). The maximum absolute atomic E-state index is 10.5. The van der Waals surface area contributed by atoms with Gasteiger partial charge in [-0.1, -0.05) is 0 Å². The summed E-state index contributed by atoms with van der Waals surface area (Å²) in [5.41, 5.74) is 13.6. The van der Waals surface area contributed by atoms with Gasteiger partial charge >= 0.3 is 6.03 Å². The normalized spacial score (nSPS) is 11.8. The first kappa shape index (κ1) is 8.70. The summed E-state index contributed by atoms with van der Waals surface area (Å²) in [6.07, 6.45) is 0. The van der Waals surface area contributed by atoms with E-state index in [-0.39, 0.29) is 0 Å². The van der Waals surface area contributed by atoms with Crippen LogP contribution in [0.1, 0.15) is 6.92 Å². The molecule has 58 valence electrons. The largest absolute Gasteiger partial charge is 0.350 e. The molecule has 6 N–H and O–H groups in total. The zero-order valence-electron chi connectivity index (χ0n) is 5.55. The Morgan fingerprint density at radius 2 is 1.90 bits per heavy atom. The van der Waals surface area contributed by atoms with Crippen molar-refractivity contribution < 1.29 is 9.59 Å². The number of carbonyl (C=O) groups excluding carboxylic acids is 2. The average molecular weight is 146 g/mol. The topological polar surface area (TPSA) is 110 Å². The van der Waals surface area contributed by atoms with Gasteiger partial charge in [-0.25, -0.2) is 10.2 Å². The van der Waals surface area contributed by atoms with E-state index in [1.807, 2.05) is 10.9 Å². The summed E-state index contributed by atoms with van der Waals surface area (Å²) in [5, 5.41) is 0. The van der Waals surface area contributed by atoms with Crippen LogP contribution in [0.15, 0.2) is 0 Å². The molecule has 0 fully saturated rings. The first-order valence-corrected chi connectivity index (χ1v) is 2.65. The van der Waals surface area contributed by atoms with Gasteiger partial charge in [0.1, 0.15) is 0 Å². The van der Waals surface area contributed by atoms with Crippen molar-refractivity contribution in [2.45, 2.75) is 13.0 Å². The number of carbonyl (C=O) groups is 2. The summed E-state index contributed by atoms with van der Waals surface area (Å²) in [7, 11) is 0. The number of hydrazine groups is 1. The zero-order chi connectivity index (χ0) is 8.15.